The smallest absolute Gasteiger partial charge is 0.167 e. The number of aryl methyl sites for hydroxylation is 2. The van der Waals surface area contributed by atoms with Crippen molar-refractivity contribution in [2.45, 2.75) is 24.8 Å². The first-order valence-corrected chi connectivity index (χ1v) is 11.6. The topological polar surface area (TPSA) is 79.5 Å². The van der Waals surface area contributed by atoms with Crippen LogP contribution >= 0.6 is 34.4 Å². The second-order valence-electron chi connectivity index (χ2n) is 6.52. The van der Waals surface area contributed by atoms with Crippen LogP contribution in [0.25, 0.3) is 21.3 Å². The quantitative estimate of drug-likeness (QED) is 0.297. The van der Waals surface area contributed by atoms with E-state index in [1.165, 1.54) is 35.0 Å². The number of benzene rings is 1. The highest BCUT2D eigenvalue weighted by molar-refractivity contribution is 8.00. The van der Waals surface area contributed by atoms with Crippen molar-refractivity contribution in [1.82, 2.24) is 15.0 Å². The average molecular weight is 437 g/mol. The van der Waals surface area contributed by atoms with Gasteiger partial charge in [-0.2, -0.15) is 5.26 Å². The van der Waals surface area contributed by atoms with E-state index < -0.39 is 5.92 Å². The van der Waals surface area contributed by atoms with Gasteiger partial charge in [0.25, 0.3) is 0 Å². The van der Waals surface area contributed by atoms with Crippen LogP contribution in [0.4, 0.5) is 0 Å². The first-order chi connectivity index (χ1) is 14.1. The van der Waals surface area contributed by atoms with Crippen molar-refractivity contribution < 1.29 is 4.79 Å². The maximum absolute atomic E-state index is 12.7. The number of aromatic nitrogens is 3. The summed E-state index contributed by atoms with van der Waals surface area (Å²) in [5, 5.41) is 15.7. The molecule has 1 atom stereocenters. The highest BCUT2D eigenvalue weighted by atomic mass is 32.2. The molecule has 0 radical (unpaired) electrons. The van der Waals surface area contributed by atoms with Crippen molar-refractivity contribution in [1.29, 1.82) is 5.26 Å². The molecule has 144 valence electrons. The molecule has 3 aromatic heterocycles. The van der Waals surface area contributed by atoms with Gasteiger partial charge in [0.15, 0.2) is 11.7 Å². The Kier molecular flexibility index (Phi) is 5.72. The average Bonchev–Trinajstić information content (AvgIpc) is 3.34. The summed E-state index contributed by atoms with van der Waals surface area (Å²) in [6.07, 6.45) is 1.52. The molecule has 1 aromatic carbocycles. The number of thioether (sulfide) groups is 1. The zero-order valence-electron chi connectivity index (χ0n) is 15.7. The van der Waals surface area contributed by atoms with Gasteiger partial charge in [-0.15, -0.1) is 22.7 Å². The monoisotopic (exact) mass is 436 g/mol. The SMILES string of the molecule is Cc1ccc(-c2csc3ncnc(SCC(=O)[C@H](C#N)c4nc(C)cs4)c23)cc1. The zero-order chi connectivity index (χ0) is 20.4. The van der Waals surface area contributed by atoms with Crippen LogP contribution in [0.5, 0.6) is 0 Å². The lowest BCUT2D eigenvalue weighted by molar-refractivity contribution is -0.116. The number of thiazole rings is 1. The number of Topliss-reactive ketones (excluding diaryl/α,β-unsaturated/α-hetero) is 1. The van der Waals surface area contributed by atoms with Gasteiger partial charge < -0.3 is 0 Å². The largest absolute Gasteiger partial charge is 0.297 e. The van der Waals surface area contributed by atoms with Gasteiger partial charge in [0.1, 0.15) is 21.2 Å². The molecule has 0 aliphatic heterocycles. The summed E-state index contributed by atoms with van der Waals surface area (Å²) in [5.41, 5.74) is 4.18. The molecule has 0 saturated carbocycles. The summed E-state index contributed by atoms with van der Waals surface area (Å²) in [7, 11) is 0. The molecule has 4 aromatic rings. The Balaban J connectivity index is 1.61. The molecular formula is C21H16N4OS3. The van der Waals surface area contributed by atoms with Gasteiger partial charge in [-0.1, -0.05) is 41.6 Å². The molecular weight excluding hydrogens is 420 g/mol. The summed E-state index contributed by atoms with van der Waals surface area (Å²) in [4.78, 5) is 26.7. The number of carbonyl (C=O) groups excluding carboxylic acids is 1. The molecule has 0 bridgehead atoms. The van der Waals surface area contributed by atoms with E-state index in [4.69, 9.17) is 0 Å². The highest BCUT2D eigenvalue weighted by Crippen LogP contribution is 2.38. The number of hydrogen-bond acceptors (Lipinski definition) is 8. The number of rotatable bonds is 6. The van der Waals surface area contributed by atoms with Crippen molar-refractivity contribution in [2.75, 3.05) is 5.75 Å². The lowest BCUT2D eigenvalue weighted by atomic mass is 10.1. The first kappa shape index (κ1) is 19.7. The van der Waals surface area contributed by atoms with Crippen LogP contribution in [-0.4, -0.2) is 26.5 Å². The maximum atomic E-state index is 12.7. The molecule has 5 nitrogen and oxygen atoms in total. The lowest BCUT2D eigenvalue weighted by Crippen LogP contribution is -2.13. The van der Waals surface area contributed by atoms with E-state index in [1.807, 2.05) is 12.3 Å². The number of nitrogens with zero attached hydrogens (tertiary/aromatic N) is 4. The van der Waals surface area contributed by atoms with E-state index >= 15 is 0 Å². The van der Waals surface area contributed by atoms with Crippen LogP contribution in [0.2, 0.25) is 0 Å². The van der Waals surface area contributed by atoms with E-state index in [0.29, 0.717) is 5.01 Å². The zero-order valence-corrected chi connectivity index (χ0v) is 18.2. The minimum absolute atomic E-state index is 0.159. The van der Waals surface area contributed by atoms with Crippen LogP contribution in [0, 0.1) is 25.2 Å². The van der Waals surface area contributed by atoms with Crippen LogP contribution < -0.4 is 0 Å². The third-order valence-corrected chi connectivity index (χ3v) is 7.31. The molecule has 3 heterocycles. The number of ketones is 1. The molecule has 0 N–H and O–H groups in total. The van der Waals surface area contributed by atoms with Crippen LogP contribution in [0.15, 0.2) is 46.4 Å². The van der Waals surface area contributed by atoms with Crippen molar-refractivity contribution in [3.8, 4) is 17.2 Å². The van der Waals surface area contributed by atoms with Gasteiger partial charge >= 0.3 is 0 Å². The Morgan fingerprint density at radius 1 is 1.17 bits per heavy atom. The van der Waals surface area contributed by atoms with Gasteiger partial charge in [0.05, 0.1) is 17.2 Å². The molecule has 0 amide bonds. The second-order valence-corrected chi connectivity index (χ2v) is 9.23. The third kappa shape index (κ3) is 4.08. The molecule has 0 spiro atoms. The summed E-state index contributed by atoms with van der Waals surface area (Å²) >= 11 is 4.26. The number of fused-ring (bicyclic) bond motifs is 1. The molecule has 0 saturated heterocycles. The summed E-state index contributed by atoms with van der Waals surface area (Å²) < 4.78 is 0. The summed E-state index contributed by atoms with van der Waals surface area (Å²) in [6.45, 7) is 3.91. The predicted molar refractivity (Wildman–Crippen MR) is 119 cm³/mol. The van der Waals surface area contributed by atoms with Gasteiger partial charge in [-0.3, -0.25) is 4.79 Å². The Morgan fingerprint density at radius 3 is 2.66 bits per heavy atom. The molecule has 8 heteroatoms. The molecule has 0 unspecified atom stereocenters. The number of carbonyl (C=O) groups is 1. The van der Waals surface area contributed by atoms with E-state index in [2.05, 4.69) is 57.6 Å². The van der Waals surface area contributed by atoms with Gasteiger partial charge in [-0.05, 0) is 19.4 Å². The van der Waals surface area contributed by atoms with Crippen LogP contribution in [0.1, 0.15) is 22.2 Å². The number of nitriles is 1. The fourth-order valence-electron chi connectivity index (χ4n) is 2.90. The second kappa shape index (κ2) is 8.41. The third-order valence-electron chi connectivity index (χ3n) is 4.38. The van der Waals surface area contributed by atoms with Crippen molar-refractivity contribution in [2.24, 2.45) is 0 Å². The Morgan fingerprint density at radius 2 is 1.97 bits per heavy atom. The van der Waals surface area contributed by atoms with Crippen LogP contribution in [-0.2, 0) is 4.79 Å². The van der Waals surface area contributed by atoms with Crippen LogP contribution in [0.3, 0.4) is 0 Å². The fraction of sp³-hybridized carbons (Fsp3) is 0.190. The predicted octanol–water partition coefficient (Wildman–Crippen LogP) is 5.40. The molecule has 0 aliphatic rings. The number of hydrogen-bond donors (Lipinski definition) is 0. The highest BCUT2D eigenvalue weighted by Gasteiger charge is 2.24. The number of thiophene rings is 1. The van der Waals surface area contributed by atoms with E-state index in [1.54, 1.807) is 11.3 Å². The molecule has 4 rings (SSSR count). The first-order valence-electron chi connectivity index (χ1n) is 8.83. The standard InChI is InChI=1S/C21H16N4OS3/c1-12-3-5-14(6-4-12)16-9-28-20-18(16)21(24-11-23-20)29-10-17(26)15(7-22)19-25-13(2)8-27-19/h3-6,8-9,11,15H,10H2,1-2H3/t15-/m0/s1. The minimum atomic E-state index is -0.836. The van der Waals surface area contributed by atoms with E-state index in [0.717, 1.165) is 32.1 Å². The van der Waals surface area contributed by atoms with E-state index in [-0.39, 0.29) is 11.5 Å². The molecule has 0 fully saturated rings. The van der Waals surface area contributed by atoms with E-state index in [9.17, 15) is 10.1 Å². The van der Waals surface area contributed by atoms with Crippen molar-refractivity contribution >= 4 is 50.4 Å². The van der Waals surface area contributed by atoms with Gasteiger partial charge in [0, 0.05) is 22.0 Å². The summed E-state index contributed by atoms with van der Waals surface area (Å²) in [5.74, 6) is -0.838. The van der Waals surface area contributed by atoms with Gasteiger partial charge in [-0.25, -0.2) is 15.0 Å². The maximum Gasteiger partial charge on any atom is 0.167 e. The Bertz CT molecular complexity index is 1220. The normalized spacial score (nSPS) is 12.0. The summed E-state index contributed by atoms with van der Waals surface area (Å²) in [6, 6.07) is 10.4. The lowest BCUT2D eigenvalue weighted by Gasteiger charge is -2.07. The van der Waals surface area contributed by atoms with Crippen molar-refractivity contribution in [3.63, 3.8) is 0 Å². The Labute approximate surface area is 180 Å². The molecule has 29 heavy (non-hydrogen) atoms. The molecule has 0 aliphatic carbocycles. The van der Waals surface area contributed by atoms with Crippen molar-refractivity contribution in [3.05, 3.63) is 57.6 Å². The fourth-order valence-corrected chi connectivity index (χ4v) is 5.65. The van der Waals surface area contributed by atoms with Gasteiger partial charge in [0.2, 0.25) is 0 Å². The Hall–Kier alpha value is -2.60. The minimum Gasteiger partial charge on any atom is -0.297 e.